The van der Waals surface area contributed by atoms with Crippen molar-refractivity contribution in [1.29, 1.82) is 5.26 Å². The third-order valence-electron chi connectivity index (χ3n) is 3.17. The summed E-state index contributed by atoms with van der Waals surface area (Å²) in [5, 5.41) is 11.2. The van der Waals surface area contributed by atoms with Crippen LogP contribution in [0.4, 0.5) is 5.69 Å². The molecule has 0 fully saturated rings. The van der Waals surface area contributed by atoms with Gasteiger partial charge in [0.2, 0.25) is 0 Å². The molecule has 2 aromatic carbocycles. The van der Waals surface area contributed by atoms with Crippen molar-refractivity contribution in [3.63, 3.8) is 0 Å². The van der Waals surface area contributed by atoms with Crippen molar-refractivity contribution in [2.75, 3.05) is 18.1 Å². The maximum absolute atomic E-state index is 8.99. The molecule has 1 heterocycles. The summed E-state index contributed by atoms with van der Waals surface area (Å²) >= 11 is 0. The van der Waals surface area contributed by atoms with Gasteiger partial charge >= 0.3 is 0 Å². The van der Waals surface area contributed by atoms with Crippen molar-refractivity contribution < 1.29 is 4.74 Å². The van der Waals surface area contributed by atoms with E-state index in [-0.39, 0.29) is 0 Å². The molecule has 0 aliphatic carbocycles. The largest absolute Gasteiger partial charge is 0.489 e. The second-order valence-electron chi connectivity index (χ2n) is 4.19. The number of ether oxygens (including phenoxy) is 1. The highest BCUT2D eigenvalue weighted by Gasteiger charge is 2.21. The lowest BCUT2D eigenvalue weighted by molar-refractivity contribution is 0.316. The maximum Gasteiger partial charge on any atom is 0.150 e. The van der Waals surface area contributed by atoms with Crippen LogP contribution in [0.2, 0.25) is 0 Å². The van der Waals surface area contributed by atoms with Crippen LogP contribution in [0, 0.1) is 11.3 Å². The number of fused-ring (bicyclic) bond motifs is 3. The third kappa shape index (κ3) is 1.51. The van der Waals surface area contributed by atoms with Gasteiger partial charge in [-0.25, -0.2) is 0 Å². The average molecular weight is 236 g/mol. The summed E-state index contributed by atoms with van der Waals surface area (Å²) in [6.07, 6.45) is 0. The molecule has 0 saturated carbocycles. The topological polar surface area (TPSA) is 36.3 Å². The highest BCUT2D eigenvalue weighted by molar-refractivity contribution is 5.94. The van der Waals surface area contributed by atoms with Crippen LogP contribution in [0.1, 0.15) is 0 Å². The molecule has 0 bridgehead atoms. The number of hydrogen-bond acceptors (Lipinski definition) is 3. The summed E-state index contributed by atoms with van der Waals surface area (Å²) in [7, 11) is 0. The van der Waals surface area contributed by atoms with Gasteiger partial charge in [0.15, 0.2) is 5.75 Å². The number of nitriles is 1. The van der Waals surface area contributed by atoms with E-state index in [2.05, 4.69) is 18.7 Å². The monoisotopic (exact) mass is 236 g/mol. The molecule has 0 aromatic heterocycles. The first-order valence-corrected chi connectivity index (χ1v) is 5.82. The van der Waals surface area contributed by atoms with E-state index >= 15 is 0 Å². The minimum atomic E-state index is 0.454. The molecule has 0 saturated heterocycles. The van der Waals surface area contributed by atoms with Crippen LogP contribution in [-0.2, 0) is 0 Å². The van der Waals surface area contributed by atoms with Crippen molar-refractivity contribution in [3.05, 3.63) is 48.7 Å². The van der Waals surface area contributed by atoms with E-state index in [0.717, 1.165) is 22.2 Å². The number of rotatable bonds is 1. The van der Waals surface area contributed by atoms with Crippen LogP contribution in [0.25, 0.3) is 10.8 Å². The maximum atomic E-state index is 8.99. The lowest BCUT2D eigenvalue weighted by Gasteiger charge is -2.30. The summed E-state index contributed by atoms with van der Waals surface area (Å²) < 4.78 is 5.77. The van der Waals surface area contributed by atoms with E-state index in [1.54, 1.807) is 0 Å². The van der Waals surface area contributed by atoms with Crippen molar-refractivity contribution in [1.82, 2.24) is 0 Å². The number of allylic oxidation sites excluding steroid dienone is 1. The second-order valence-corrected chi connectivity index (χ2v) is 4.19. The van der Waals surface area contributed by atoms with E-state index in [1.165, 1.54) is 0 Å². The van der Waals surface area contributed by atoms with Crippen LogP contribution in [0.5, 0.6) is 5.75 Å². The van der Waals surface area contributed by atoms with E-state index in [4.69, 9.17) is 10.00 Å². The molecular weight excluding hydrogens is 224 g/mol. The normalized spacial score (nSPS) is 13.6. The summed E-state index contributed by atoms with van der Waals surface area (Å²) in [5.74, 6) is 0.843. The molecule has 3 nitrogen and oxygen atoms in total. The standard InChI is InChI=1S/C15H12N2O/c1-11(10-16)17-8-9-18-15-13-5-3-2-4-12(13)6-7-14(15)17/h2-7H,1,8-9H2. The van der Waals surface area contributed by atoms with Crippen molar-refractivity contribution >= 4 is 16.5 Å². The van der Waals surface area contributed by atoms with Gasteiger partial charge in [0.1, 0.15) is 18.4 Å². The fourth-order valence-corrected chi connectivity index (χ4v) is 2.30. The molecule has 18 heavy (non-hydrogen) atoms. The zero-order valence-electron chi connectivity index (χ0n) is 9.89. The van der Waals surface area contributed by atoms with Gasteiger partial charge in [-0.2, -0.15) is 5.26 Å². The molecule has 0 atom stereocenters. The number of benzene rings is 2. The summed E-state index contributed by atoms with van der Waals surface area (Å²) in [6.45, 7) is 5.02. The zero-order chi connectivity index (χ0) is 12.5. The molecule has 0 spiro atoms. The quantitative estimate of drug-likeness (QED) is 0.714. The first-order valence-electron chi connectivity index (χ1n) is 5.82. The van der Waals surface area contributed by atoms with E-state index in [9.17, 15) is 0 Å². The van der Waals surface area contributed by atoms with Crippen molar-refractivity contribution in [3.8, 4) is 11.8 Å². The fourth-order valence-electron chi connectivity index (χ4n) is 2.30. The molecule has 3 rings (SSSR count). The Balaban J connectivity index is 2.23. The third-order valence-corrected chi connectivity index (χ3v) is 3.17. The predicted octanol–water partition coefficient (Wildman–Crippen LogP) is 3.08. The highest BCUT2D eigenvalue weighted by atomic mass is 16.5. The number of hydrogen-bond donors (Lipinski definition) is 0. The van der Waals surface area contributed by atoms with Gasteiger partial charge in [0.25, 0.3) is 0 Å². The lowest BCUT2D eigenvalue weighted by Crippen LogP contribution is -2.31. The van der Waals surface area contributed by atoms with Crippen LogP contribution >= 0.6 is 0 Å². The Bertz CT molecular complexity index is 670. The van der Waals surface area contributed by atoms with Gasteiger partial charge in [-0.15, -0.1) is 0 Å². The smallest absolute Gasteiger partial charge is 0.150 e. The first-order chi connectivity index (χ1) is 8.81. The zero-order valence-corrected chi connectivity index (χ0v) is 9.89. The Labute approximate surface area is 106 Å². The molecule has 3 heteroatoms. The predicted molar refractivity (Wildman–Crippen MR) is 71.5 cm³/mol. The van der Waals surface area contributed by atoms with Crippen LogP contribution in [0.15, 0.2) is 48.7 Å². The molecule has 1 aliphatic heterocycles. The van der Waals surface area contributed by atoms with Crippen molar-refractivity contribution in [2.45, 2.75) is 0 Å². The molecule has 0 radical (unpaired) electrons. The SMILES string of the molecule is C=C(C#N)N1CCOc2c1ccc1ccccc21. The van der Waals surface area contributed by atoms with Gasteiger partial charge in [0.05, 0.1) is 12.2 Å². The highest BCUT2D eigenvalue weighted by Crippen LogP contribution is 2.39. The Morgan fingerprint density at radius 2 is 2.11 bits per heavy atom. The Kier molecular flexibility index (Phi) is 2.42. The molecular formula is C15H12N2O. The minimum absolute atomic E-state index is 0.454. The Morgan fingerprint density at radius 3 is 2.94 bits per heavy atom. The first kappa shape index (κ1) is 10.7. The van der Waals surface area contributed by atoms with Gasteiger partial charge in [-0.3, -0.25) is 0 Å². The minimum Gasteiger partial charge on any atom is -0.489 e. The second kappa shape index (κ2) is 4.08. The van der Waals surface area contributed by atoms with E-state index in [0.29, 0.717) is 18.8 Å². The van der Waals surface area contributed by atoms with Crippen molar-refractivity contribution in [2.24, 2.45) is 0 Å². The van der Waals surface area contributed by atoms with Gasteiger partial charge in [-0.05, 0) is 11.5 Å². The molecule has 0 N–H and O–H groups in total. The van der Waals surface area contributed by atoms with E-state index in [1.807, 2.05) is 35.2 Å². The lowest BCUT2D eigenvalue weighted by atomic mass is 10.1. The summed E-state index contributed by atoms with van der Waals surface area (Å²) in [5.41, 5.74) is 1.38. The van der Waals surface area contributed by atoms with Crippen LogP contribution in [-0.4, -0.2) is 13.2 Å². The molecule has 88 valence electrons. The van der Waals surface area contributed by atoms with Gasteiger partial charge in [-0.1, -0.05) is 36.9 Å². The molecule has 0 amide bonds. The number of nitrogens with zero attached hydrogens (tertiary/aromatic N) is 2. The van der Waals surface area contributed by atoms with Gasteiger partial charge in [0, 0.05) is 5.39 Å². The fraction of sp³-hybridized carbons (Fsp3) is 0.133. The average Bonchev–Trinajstić information content (AvgIpc) is 2.45. The Hall–Kier alpha value is -2.47. The van der Waals surface area contributed by atoms with Gasteiger partial charge < -0.3 is 9.64 Å². The Morgan fingerprint density at radius 1 is 1.28 bits per heavy atom. The molecule has 1 aliphatic rings. The van der Waals surface area contributed by atoms with Crippen LogP contribution in [0.3, 0.4) is 0 Å². The summed E-state index contributed by atoms with van der Waals surface area (Å²) in [4.78, 5) is 1.91. The molecule has 0 unspecified atom stereocenters. The summed E-state index contributed by atoms with van der Waals surface area (Å²) in [6, 6.07) is 14.2. The van der Waals surface area contributed by atoms with E-state index < -0.39 is 0 Å². The number of anilines is 1. The molecule has 2 aromatic rings. The van der Waals surface area contributed by atoms with Crippen LogP contribution < -0.4 is 9.64 Å².